The van der Waals surface area contributed by atoms with Crippen molar-refractivity contribution in [1.82, 2.24) is 14.5 Å². The van der Waals surface area contributed by atoms with Gasteiger partial charge in [-0.25, -0.2) is 12.7 Å². The van der Waals surface area contributed by atoms with Crippen LogP contribution >= 0.6 is 0 Å². The van der Waals surface area contributed by atoms with Gasteiger partial charge in [0, 0.05) is 25.6 Å². The Morgan fingerprint density at radius 2 is 1.88 bits per heavy atom. The van der Waals surface area contributed by atoms with Gasteiger partial charge in [-0.2, -0.15) is 0 Å². The van der Waals surface area contributed by atoms with E-state index < -0.39 is 10.0 Å². The number of rotatable bonds is 7. The first-order chi connectivity index (χ1) is 11.8. The predicted octanol–water partition coefficient (Wildman–Crippen LogP) is 1.40. The Bertz CT molecular complexity index is 729. The molecule has 0 radical (unpaired) electrons. The molecule has 1 amide bonds. The number of amides is 1. The molecule has 0 unspecified atom stereocenters. The van der Waals surface area contributed by atoms with Crippen LogP contribution in [0.25, 0.3) is 0 Å². The molecule has 0 saturated carbocycles. The molecule has 2 rings (SSSR count). The summed E-state index contributed by atoms with van der Waals surface area (Å²) in [7, 11) is -3.71. The van der Waals surface area contributed by atoms with Gasteiger partial charge in [0.25, 0.3) is 10.0 Å². The minimum Gasteiger partial charge on any atom is -0.356 e. The molecule has 1 aliphatic heterocycles. The van der Waals surface area contributed by atoms with Crippen LogP contribution in [0.1, 0.15) is 32.8 Å². The molecule has 1 aliphatic rings. The number of sulfonamides is 1. The van der Waals surface area contributed by atoms with Crippen LogP contribution in [0.3, 0.4) is 0 Å². The van der Waals surface area contributed by atoms with E-state index >= 15 is 0 Å². The molecule has 138 valence electrons. The molecule has 1 aromatic carbocycles. The lowest BCUT2D eigenvalue weighted by Gasteiger charge is -2.24. The number of nitrogens with one attached hydrogen (secondary N) is 2. The van der Waals surface area contributed by atoms with E-state index in [1.165, 1.54) is 0 Å². The monoisotopic (exact) mass is 366 g/mol. The zero-order chi connectivity index (χ0) is 18.6. The van der Waals surface area contributed by atoms with Gasteiger partial charge >= 0.3 is 0 Å². The zero-order valence-electron chi connectivity index (χ0n) is 14.9. The standard InChI is InChI=1S/C17H26N4O3S/c1-4-16(22)19-10-9-14-5-7-15(8-6-14)25(23,24)21-12-11-20(13(2)3)17(21)18/h5-8,13,18H,4,9-12H2,1-3H3,(H,19,22). The Kier molecular flexibility index (Phi) is 6.05. The van der Waals surface area contributed by atoms with Crippen LogP contribution < -0.4 is 5.32 Å². The normalized spacial score (nSPS) is 15.1. The maximum absolute atomic E-state index is 12.8. The molecule has 0 spiro atoms. The quantitative estimate of drug-likeness (QED) is 0.763. The number of carbonyl (C=O) groups is 1. The van der Waals surface area contributed by atoms with Gasteiger partial charge in [-0.15, -0.1) is 0 Å². The van der Waals surface area contributed by atoms with Gasteiger partial charge < -0.3 is 10.2 Å². The topological polar surface area (TPSA) is 93.6 Å². The van der Waals surface area contributed by atoms with Crippen molar-refractivity contribution < 1.29 is 13.2 Å². The summed E-state index contributed by atoms with van der Waals surface area (Å²) in [6.45, 7) is 7.03. The first-order valence-corrected chi connectivity index (χ1v) is 9.95. The van der Waals surface area contributed by atoms with Crippen molar-refractivity contribution in [3.8, 4) is 0 Å². The Hall–Kier alpha value is -2.09. The molecular weight excluding hydrogens is 340 g/mol. The number of hydrogen-bond donors (Lipinski definition) is 2. The Balaban J connectivity index is 2.06. The average molecular weight is 366 g/mol. The molecule has 1 fully saturated rings. The molecule has 1 heterocycles. The molecule has 1 saturated heterocycles. The van der Waals surface area contributed by atoms with E-state index in [-0.39, 0.29) is 22.8 Å². The fourth-order valence-corrected chi connectivity index (χ4v) is 4.11. The molecule has 25 heavy (non-hydrogen) atoms. The maximum atomic E-state index is 12.8. The van der Waals surface area contributed by atoms with Gasteiger partial charge in [0.15, 0.2) is 0 Å². The lowest BCUT2D eigenvalue weighted by molar-refractivity contribution is -0.120. The summed E-state index contributed by atoms with van der Waals surface area (Å²) < 4.78 is 26.7. The number of carbonyl (C=O) groups excluding carboxylic acids is 1. The molecule has 1 aromatic rings. The van der Waals surface area contributed by atoms with Crippen LogP contribution in [0, 0.1) is 5.41 Å². The second kappa shape index (κ2) is 7.86. The van der Waals surface area contributed by atoms with Crippen molar-refractivity contribution in [3.63, 3.8) is 0 Å². The lowest BCUT2D eigenvalue weighted by Crippen LogP contribution is -2.39. The van der Waals surface area contributed by atoms with Crippen LogP contribution in [0.15, 0.2) is 29.2 Å². The average Bonchev–Trinajstić information content (AvgIpc) is 2.97. The molecule has 0 bridgehead atoms. The molecule has 0 aromatic heterocycles. The van der Waals surface area contributed by atoms with Crippen LogP contribution in [0.2, 0.25) is 0 Å². The summed E-state index contributed by atoms with van der Waals surface area (Å²) in [5.74, 6) is 0.0304. The molecule has 7 nitrogen and oxygen atoms in total. The van der Waals surface area contributed by atoms with Gasteiger partial charge in [0.05, 0.1) is 11.4 Å². The van der Waals surface area contributed by atoms with E-state index in [0.717, 1.165) is 9.87 Å². The third-order valence-corrected chi connectivity index (χ3v) is 6.05. The third-order valence-electron chi connectivity index (χ3n) is 4.24. The Morgan fingerprint density at radius 1 is 1.24 bits per heavy atom. The van der Waals surface area contributed by atoms with E-state index in [1.807, 2.05) is 13.8 Å². The first-order valence-electron chi connectivity index (χ1n) is 8.51. The van der Waals surface area contributed by atoms with Crippen LogP contribution in [-0.4, -0.2) is 55.2 Å². The highest BCUT2D eigenvalue weighted by Crippen LogP contribution is 2.22. The van der Waals surface area contributed by atoms with Gasteiger partial charge in [0.2, 0.25) is 11.9 Å². The van der Waals surface area contributed by atoms with Crippen LogP contribution in [-0.2, 0) is 21.2 Å². The maximum Gasteiger partial charge on any atom is 0.266 e. The largest absolute Gasteiger partial charge is 0.356 e. The Morgan fingerprint density at radius 3 is 2.40 bits per heavy atom. The number of hydrogen-bond acceptors (Lipinski definition) is 4. The Labute approximate surface area is 149 Å². The fraction of sp³-hybridized carbons (Fsp3) is 0.529. The summed E-state index contributed by atoms with van der Waals surface area (Å²) in [5, 5.41) is 10.9. The van der Waals surface area contributed by atoms with E-state index in [0.29, 0.717) is 32.5 Å². The second-order valence-corrected chi connectivity index (χ2v) is 8.15. The minimum absolute atomic E-state index is 0.00134. The van der Waals surface area contributed by atoms with Crippen molar-refractivity contribution in [2.75, 3.05) is 19.6 Å². The van der Waals surface area contributed by atoms with Gasteiger partial charge in [-0.1, -0.05) is 19.1 Å². The zero-order valence-corrected chi connectivity index (χ0v) is 15.8. The number of benzene rings is 1. The molecule has 8 heteroatoms. The van der Waals surface area contributed by atoms with Crippen molar-refractivity contribution in [2.24, 2.45) is 0 Å². The lowest BCUT2D eigenvalue weighted by atomic mass is 10.1. The second-order valence-electron chi connectivity index (χ2n) is 6.29. The summed E-state index contributed by atoms with van der Waals surface area (Å²) in [4.78, 5) is 13.2. The summed E-state index contributed by atoms with van der Waals surface area (Å²) in [6.07, 6.45) is 1.10. The summed E-state index contributed by atoms with van der Waals surface area (Å²) in [5.41, 5.74) is 0.954. The fourth-order valence-electron chi connectivity index (χ4n) is 2.72. The summed E-state index contributed by atoms with van der Waals surface area (Å²) >= 11 is 0. The smallest absolute Gasteiger partial charge is 0.266 e. The van der Waals surface area contributed by atoms with Crippen LogP contribution in [0.4, 0.5) is 0 Å². The van der Waals surface area contributed by atoms with Crippen LogP contribution in [0.5, 0.6) is 0 Å². The van der Waals surface area contributed by atoms with E-state index in [2.05, 4.69) is 5.32 Å². The van der Waals surface area contributed by atoms with Crippen molar-refractivity contribution in [3.05, 3.63) is 29.8 Å². The molecule has 2 N–H and O–H groups in total. The highest BCUT2D eigenvalue weighted by molar-refractivity contribution is 7.89. The molecule has 0 atom stereocenters. The van der Waals surface area contributed by atoms with E-state index in [1.54, 1.807) is 36.1 Å². The predicted molar refractivity (Wildman–Crippen MR) is 96.9 cm³/mol. The minimum atomic E-state index is -3.71. The molecule has 0 aliphatic carbocycles. The highest BCUT2D eigenvalue weighted by Gasteiger charge is 2.36. The van der Waals surface area contributed by atoms with E-state index in [4.69, 9.17) is 5.41 Å². The van der Waals surface area contributed by atoms with E-state index in [9.17, 15) is 13.2 Å². The van der Waals surface area contributed by atoms with Crippen molar-refractivity contribution >= 4 is 21.9 Å². The van der Waals surface area contributed by atoms with Crippen molar-refractivity contribution in [2.45, 2.75) is 44.6 Å². The highest BCUT2D eigenvalue weighted by atomic mass is 32.2. The van der Waals surface area contributed by atoms with Crippen molar-refractivity contribution in [1.29, 1.82) is 5.41 Å². The third kappa shape index (κ3) is 4.31. The molecular formula is C17H26N4O3S. The van der Waals surface area contributed by atoms with Gasteiger partial charge in [-0.3, -0.25) is 10.2 Å². The number of nitrogens with zero attached hydrogens (tertiary/aromatic N) is 2. The SMILES string of the molecule is CCC(=O)NCCc1ccc(S(=O)(=O)N2CCN(C(C)C)C2=N)cc1. The first kappa shape index (κ1) is 19.2. The number of guanidine groups is 1. The summed E-state index contributed by atoms with van der Waals surface area (Å²) in [6, 6.07) is 6.73. The van der Waals surface area contributed by atoms with Gasteiger partial charge in [0.1, 0.15) is 0 Å². The van der Waals surface area contributed by atoms with Gasteiger partial charge in [-0.05, 0) is 38.0 Å².